The fraction of sp³-hybridized carbons (Fsp3) is 0.833. The van der Waals surface area contributed by atoms with Gasteiger partial charge < -0.3 is 4.90 Å². The molecule has 0 fully saturated rings. The zero-order chi connectivity index (χ0) is 8.15. The van der Waals surface area contributed by atoms with E-state index in [9.17, 15) is 9.00 Å². The molecule has 0 aromatic carbocycles. The van der Waals surface area contributed by atoms with Gasteiger partial charge in [0.15, 0.2) is 0 Å². The van der Waals surface area contributed by atoms with Crippen LogP contribution in [0.3, 0.4) is 0 Å². The van der Waals surface area contributed by atoms with Gasteiger partial charge >= 0.3 is 0 Å². The topological polar surface area (TPSA) is 37.4 Å². The Balaban J connectivity index is 3.50. The van der Waals surface area contributed by atoms with Gasteiger partial charge in [-0.25, -0.2) is 0 Å². The highest BCUT2D eigenvalue weighted by molar-refractivity contribution is 7.84. The molecule has 0 heterocycles. The molecule has 0 radical (unpaired) electrons. The van der Waals surface area contributed by atoms with Gasteiger partial charge in [-0.2, -0.15) is 0 Å². The van der Waals surface area contributed by atoms with Gasteiger partial charge in [0.1, 0.15) is 0 Å². The van der Waals surface area contributed by atoms with Crippen molar-refractivity contribution < 1.29 is 9.00 Å². The molecule has 0 aliphatic carbocycles. The number of carbonyl (C=O) groups is 1. The maximum atomic E-state index is 10.8. The fourth-order valence-corrected chi connectivity index (χ4v) is 0.917. The lowest BCUT2D eigenvalue weighted by atomic mass is 10.4. The summed E-state index contributed by atoms with van der Waals surface area (Å²) in [4.78, 5) is 12.3. The summed E-state index contributed by atoms with van der Waals surface area (Å²) >= 11 is 0. The van der Waals surface area contributed by atoms with Crippen LogP contribution in [-0.2, 0) is 15.6 Å². The second-order valence-electron chi connectivity index (χ2n) is 2.32. The normalized spacial score (nSPS) is 12.7. The van der Waals surface area contributed by atoms with E-state index in [0.29, 0.717) is 12.2 Å². The molecule has 10 heavy (non-hydrogen) atoms. The van der Waals surface area contributed by atoms with Crippen molar-refractivity contribution in [3.63, 3.8) is 0 Å². The molecule has 3 nitrogen and oxygen atoms in total. The van der Waals surface area contributed by atoms with Crippen molar-refractivity contribution in [2.24, 2.45) is 0 Å². The van der Waals surface area contributed by atoms with Crippen LogP contribution >= 0.6 is 0 Å². The van der Waals surface area contributed by atoms with Gasteiger partial charge in [-0.3, -0.25) is 9.00 Å². The molecule has 4 heteroatoms. The lowest BCUT2D eigenvalue weighted by molar-refractivity contribution is -0.128. The minimum atomic E-state index is -0.850. The van der Waals surface area contributed by atoms with E-state index in [1.54, 1.807) is 20.4 Å². The van der Waals surface area contributed by atoms with E-state index in [-0.39, 0.29) is 5.91 Å². The van der Waals surface area contributed by atoms with E-state index in [0.717, 1.165) is 0 Å². The van der Waals surface area contributed by atoms with Crippen LogP contribution in [0, 0.1) is 0 Å². The first-order chi connectivity index (χ1) is 4.54. The lowest BCUT2D eigenvalue weighted by Gasteiger charge is -2.08. The Morgan fingerprint density at radius 2 is 2.00 bits per heavy atom. The van der Waals surface area contributed by atoms with E-state index in [2.05, 4.69) is 0 Å². The molecule has 0 saturated heterocycles. The fourth-order valence-electron chi connectivity index (χ4n) is 0.455. The first-order valence-corrected chi connectivity index (χ1v) is 4.77. The van der Waals surface area contributed by atoms with Crippen molar-refractivity contribution in [1.29, 1.82) is 0 Å². The van der Waals surface area contributed by atoms with Crippen LogP contribution in [0.25, 0.3) is 0 Å². The Kier molecular flexibility index (Phi) is 4.27. The zero-order valence-corrected chi connectivity index (χ0v) is 7.40. The number of rotatable bonds is 3. The molecule has 60 valence electrons. The van der Waals surface area contributed by atoms with Crippen LogP contribution < -0.4 is 0 Å². The molecule has 0 rings (SSSR count). The van der Waals surface area contributed by atoms with Gasteiger partial charge in [-0.05, 0) is 0 Å². The number of nitrogens with zero attached hydrogens (tertiary/aromatic N) is 1. The number of hydrogen-bond donors (Lipinski definition) is 0. The maximum Gasteiger partial charge on any atom is 0.222 e. The van der Waals surface area contributed by atoms with Crippen LogP contribution in [0.15, 0.2) is 0 Å². The van der Waals surface area contributed by atoms with Gasteiger partial charge in [0, 0.05) is 43.3 Å². The van der Waals surface area contributed by atoms with Crippen LogP contribution in [0.4, 0.5) is 0 Å². The minimum absolute atomic E-state index is 0.0372. The van der Waals surface area contributed by atoms with Gasteiger partial charge in [0.05, 0.1) is 0 Å². The van der Waals surface area contributed by atoms with Gasteiger partial charge in [0.2, 0.25) is 5.91 Å². The first-order valence-electron chi connectivity index (χ1n) is 3.04. The van der Waals surface area contributed by atoms with Crippen LogP contribution in [-0.4, -0.2) is 41.1 Å². The second-order valence-corrected chi connectivity index (χ2v) is 3.87. The third-order valence-corrected chi connectivity index (χ3v) is 1.88. The third-order valence-electron chi connectivity index (χ3n) is 1.10. The lowest BCUT2D eigenvalue weighted by Crippen LogP contribution is -2.22. The monoisotopic (exact) mass is 163 g/mol. The summed E-state index contributed by atoms with van der Waals surface area (Å²) in [6.07, 6.45) is 1.99. The molecule has 0 N–H and O–H groups in total. The molecule has 0 spiro atoms. The highest BCUT2D eigenvalue weighted by Gasteiger charge is 2.03. The largest absolute Gasteiger partial charge is 0.349 e. The number of carbonyl (C=O) groups excluding carboxylic acids is 1. The Morgan fingerprint density at radius 1 is 1.50 bits per heavy atom. The second kappa shape index (κ2) is 4.44. The highest BCUT2D eigenvalue weighted by Crippen LogP contribution is 1.88. The Hall–Kier alpha value is -0.380. The molecule has 0 aromatic heterocycles. The molecule has 1 amide bonds. The number of amides is 1. The van der Waals surface area contributed by atoms with Crippen LogP contribution in [0.5, 0.6) is 0 Å². The van der Waals surface area contributed by atoms with E-state index in [1.165, 1.54) is 4.90 Å². The van der Waals surface area contributed by atoms with E-state index in [1.807, 2.05) is 0 Å². The summed E-state index contributed by atoms with van der Waals surface area (Å²) in [5.74, 6) is 0.506. The molecule has 0 aliphatic rings. The van der Waals surface area contributed by atoms with E-state index < -0.39 is 10.8 Å². The standard InChI is InChI=1S/C6H13NO2S/c1-7(2)6(8)4-5-10(3)9/h4-5H2,1-3H3. The Labute approximate surface area is 63.9 Å². The number of hydrogen-bond acceptors (Lipinski definition) is 2. The van der Waals surface area contributed by atoms with Gasteiger partial charge in [0.25, 0.3) is 0 Å². The summed E-state index contributed by atoms with van der Waals surface area (Å²) in [5.41, 5.74) is 0. The minimum Gasteiger partial charge on any atom is -0.349 e. The Bertz CT molecular complexity index is 145. The highest BCUT2D eigenvalue weighted by atomic mass is 32.2. The molecule has 1 unspecified atom stereocenters. The van der Waals surface area contributed by atoms with Crippen molar-refractivity contribution in [1.82, 2.24) is 4.90 Å². The van der Waals surface area contributed by atoms with Crippen molar-refractivity contribution >= 4 is 16.7 Å². The van der Waals surface area contributed by atoms with Gasteiger partial charge in [-0.1, -0.05) is 0 Å². The summed E-state index contributed by atoms with van der Waals surface area (Å²) in [6, 6.07) is 0. The molecule has 0 saturated carbocycles. The molecule has 0 aromatic rings. The summed E-state index contributed by atoms with van der Waals surface area (Å²) in [7, 11) is 2.54. The third kappa shape index (κ3) is 4.49. The predicted octanol–water partition coefficient (Wildman–Crippen LogP) is -0.157. The summed E-state index contributed by atoms with van der Waals surface area (Å²) in [6.45, 7) is 0. The zero-order valence-electron chi connectivity index (χ0n) is 6.59. The predicted molar refractivity (Wildman–Crippen MR) is 42.2 cm³/mol. The van der Waals surface area contributed by atoms with Crippen LogP contribution in [0.2, 0.25) is 0 Å². The SMILES string of the molecule is CN(C)C(=O)CCS(C)=O. The molecule has 0 aliphatic heterocycles. The molecular formula is C6H13NO2S. The molecular weight excluding hydrogens is 150 g/mol. The smallest absolute Gasteiger partial charge is 0.222 e. The quantitative estimate of drug-likeness (QED) is 0.580. The van der Waals surface area contributed by atoms with Crippen molar-refractivity contribution in [3.05, 3.63) is 0 Å². The average molecular weight is 163 g/mol. The maximum absolute atomic E-state index is 10.8. The summed E-state index contributed by atoms with van der Waals surface area (Å²) in [5, 5.41) is 0. The average Bonchev–Trinajstić information content (AvgIpc) is 1.82. The van der Waals surface area contributed by atoms with Gasteiger partial charge in [-0.15, -0.1) is 0 Å². The van der Waals surface area contributed by atoms with E-state index >= 15 is 0 Å². The molecule has 1 atom stereocenters. The van der Waals surface area contributed by atoms with Crippen molar-refractivity contribution in [2.75, 3.05) is 26.1 Å². The van der Waals surface area contributed by atoms with Crippen molar-refractivity contribution in [3.8, 4) is 0 Å². The van der Waals surface area contributed by atoms with Crippen molar-refractivity contribution in [2.45, 2.75) is 6.42 Å². The first kappa shape index (κ1) is 9.62. The van der Waals surface area contributed by atoms with Crippen LogP contribution in [0.1, 0.15) is 6.42 Å². The Morgan fingerprint density at radius 3 is 2.30 bits per heavy atom. The van der Waals surface area contributed by atoms with E-state index in [4.69, 9.17) is 0 Å². The summed E-state index contributed by atoms with van der Waals surface area (Å²) < 4.78 is 10.5. The molecule has 0 bridgehead atoms.